The molecule has 2 heterocycles. The van der Waals surface area contributed by atoms with Crippen LogP contribution in [0.15, 0.2) is 29.6 Å². The molecule has 0 spiro atoms. The van der Waals surface area contributed by atoms with E-state index >= 15 is 0 Å². The first-order chi connectivity index (χ1) is 12.9. The summed E-state index contributed by atoms with van der Waals surface area (Å²) in [6, 6.07) is 7.60. The highest BCUT2D eigenvalue weighted by molar-refractivity contribution is 7.90. The lowest BCUT2D eigenvalue weighted by Gasteiger charge is -2.34. The predicted octanol–water partition coefficient (Wildman–Crippen LogP) is 1.62. The molecule has 146 valence electrons. The Hall–Kier alpha value is -1.97. The first-order valence-corrected chi connectivity index (χ1v) is 11.6. The topological polar surface area (TPSA) is 79.8 Å². The molecule has 1 aromatic carbocycles. The monoisotopic (exact) mass is 409 g/mol. The SMILES string of the molecule is COc1ccccc1-c1nc(C(=O)N2CCN(CCS(C)(=O)=O)CC2)cs1. The van der Waals surface area contributed by atoms with Crippen LogP contribution >= 0.6 is 11.3 Å². The zero-order chi connectivity index (χ0) is 19.4. The maximum absolute atomic E-state index is 12.7. The number of carbonyl (C=O) groups excluding carboxylic acids is 1. The van der Waals surface area contributed by atoms with E-state index in [0.29, 0.717) is 38.4 Å². The number of hydrogen-bond acceptors (Lipinski definition) is 7. The Labute approximate surface area is 163 Å². The summed E-state index contributed by atoms with van der Waals surface area (Å²) < 4.78 is 27.9. The fraction of sp³-hybridized carbons (Fsp3) is 0.444. The van der Waals surface area contributed by atoms with Crippen LogP contribution in [0.25, 0.3) is 10.6 Å². The minimum absolute atomic E-state index is 0.0878. The van der Waals surface area contributed by atoms with Crippen molar-refractivity contribution in [3.63, 3.8) is 0 Å². The third-order valence-electron chi connectivity index (χ3n) is 4.50. The van der Waals surface area contributed by atoms with Crippen LogP contribution in [0.2, 0.25) is 0 Å². The van der Waals surface area contributed by atoms with Crippen LogP contribution < -0.4 is 4.74 Å². The van der Waals surface area contributed by atoms with Crippen LogP contribution in [0.5, 0.6) is 5.75 Å². The molecule has 27 heavy (non-hydrogen) atoms. The van der Waals surface area contributed by atoms with Gasteiger partial charge in [-0.15, -0.1) is 11.3 Å². The van der Waals surface area contributed by atoms with Gasteiger partial charge in [-0.3, -0.25) is 9.69 Å². The summed E-state index contributed by atoms with van der Waals surface area (Å²) >= 11 is 1.42. The molecule has 0 aliphatic carbocycles. The van der Waals surface area contributed by atoms with E-state index in [1.165, 1.54) is 17.6 Å². The highest BCUT2D eigenvalue weighted by Crippen LogP contribution is 2.32. The molecular weight excluding hydrogens is 386 g/mol. The molecule has 1 aliphatic rings. The molecule has 7 nitrogen and oxygen atoms in total. The lowest BCUT2D eigenvalue weighted by Crippen LogP contribution is -2.49. The van der Waals surface area contributed by atoms with Gasteiger partial charge in [0.25, 0.3) is 5.91 Å². The van der Waals surface area contributed by atoms with Crippen LogP contribution in [0.4, 0.5) is 0 Å². The highest BCUT2D eigenvalue weighted by atomic mass is 32.2. The number of hydrogen-bond donors (Lipinski definition) is 0. The van der Waals surface area contributed by atoms with Gasteiger partial charge in [0.15, 0.2) is 0 Å². The van der Waals surface area contributed by atoms with Gasteiger partial charge < -0.3 is 9.64 Å². The van der Waals surface area contributed by atoms with Crippen molar-refractivity contribution in [1.82, 2.24) is 14.8 Å². The van der Waals surface area contributed by atoms with Gasteiger partial charge in [-0.1, -0.05) is 12.1 Å². The van der Waals surface area contributed by atoms with E-state index in [1.54, 1.807) is 17.4 Å². The molecule has 0 unspecified atom stereocenters. The van der Waals surface area contributed by atoms with E-state index in [0.717, 1.165) is 16.3 Å². The number of aromatic nitrogens is 1. The van der Waals surface area contributed by atoms with Gasteiger partial charge in [0.2, 0.25) is 0 Å². The molecule has 0 atom stereocenters. The number of benzene rings is 1. The van der Waals surface area contributed by atoms with Crippen LogP contribution in [0.3, 0.4) is 0 Å². The van der Waals surface area contributed by atoms with Crippen molar-refractivity contribution in [3.8, 4) is 16.3 Å². The quantitative estimate of drug-likeness (QED) is 0.721. The summed E-state index contributed by atoms with van der Waals surface area (Å²) in [4.78, 5) is 21.1. The summed E-state index contributed by atoms with van der Waals surface area (Å²) in [5.74, 6) is 0.787. The first-order valence-electron chi connectivity index (χ1n) is 8.65. The number of piperazine rings is 1. The smallest absolute Gasteiger partial charge is 0.273 e. The fourth-order valence-electron chi connectivity index (χ4n) is 2.95. The van der Waals surface area contributed by atoms with Crippen molar-refractivity contribution >= 4 is 27.1 Å². The van der Waals surface area contributed by atoms with E-state index < -0.39 is 9.84 Å². The molecule has 0 bridgehead atoms. The lowest BCUT2D eigenvalue weighted by atomic mass is 10.2. The van der Waals surface area contributed by atoms with Gasteiger partial charge in [0, 0.05) is 44.4 Å². The largest absolute Gasteiger partial charge is 0.496 e. The van der Waals surface area contributed by atoms with Crippen LogP contribution in [0, 0.1) is 0 Å². The molecule has 1 saturated heterocycles. The summed E-state index contributed by atoms with van der Waals surface area (Å²) in [7, 11) is -1.35. The van der Waals surface area contributed by atoms with Crippen molar-refractivity contribution in [1.29, 1.82) is 0 Å². The Kier molecular flexibility index (Phi) is 6.13. The van der Waals surface area contributed by atoms with Crippen LogP contribution in [0.1, 0.15) is 10.5 Å². The molecule has 9 heteroatoms. The maximum Gasteiger partial charge on any atom is 0.273 e. The molecule has 1 aliphatic heterocycles. The van der Waals surface area contributed by atoms with Crippen molar-refractivity contribution in [2.75, 3.05) is 51.8 Å². The van der Waals surface area contributed by atoms with Crippen LogP contribution in [-0.2, 0) is 9.84 Å². The Bertz CT molecular complexity index is 903. The van der Waals surface area contributed by atoms with Gasteiger partial charge >= 0.3 is 0 Å². The minimum Gasteiger partial charge on any atom is -0.496 e. The van der Waals surface area contributed by atoms with Crippen molar-refractivity contribution in [2.24, 2.45) is 0 Å². The lowest BCUT2D eigenvalue weighted by molar-refractivity contribution is 0.0639. The second-order valence-corrected chi connectivity index (χ2v) is 9.62. The minimum atomic E-state index is -2.97. The second kappa shape index (κ2) is 8.37. The summed E-state index contributed by atoms with van der Waals surface area (Å²) in [6.45, 7) is 3.00. The van der Waals surface area contributed by atoms with Gasteiger partial charge in [-0.05, 0) is 12.1 Å². The van der Waals surface area contributed by atoms with Gasteiger partial charge in [-0.2, -0.15) is 0 Å². The van der Waals surface area contributed by atoms with E-state index in [4.69, 9.17) is 4.74 Å². The molecule has 1 aromatic heterocycles. The van der Waals surface area contributed by atoms with Gasteiger partial charge in [-0.25, -0.2) is 13.4 Å². The number of carbonyl (C=O) groups is 1. The second-order valence-electron chi connectivity index (χ2n) is 6.50. The number of thiazole rings is 1. The number of ether oxygens (including phenoxy) is 1. The standard InChI is InChI=1S/C18H23N3O4S2/c1-25-16-6-4-3-5-14(16)17-19-15(13-26-17)18(22)21-9-7-20(8-10-21)11-12-27(2,23)24/h3-6,13H,7-12H2,1-2H3. The van der Waals surface area contributed by atoms with Gasteiger partial charge in [0.1, 0.15) is 26.3 Å². The fourth-order valence-corrected chi connectivity index (χ4v) is 4.36. The highest BCUT2D eigenvalue weighted by Gasteiger charge is 2.24. The maximum atomic E-state index is 12.7. The Morgan fingerprint density at radius 2 is 1.93 bits per heavy atom. The number of sulfone groups is 1. The number of methoxy groups -OCH3 is 1. The first kappa shape index (κ1) is 19.8. The van der Waals surface area contributed by atoms with E-state index in [2.05, 4.69) is 9.88 Å². The molecular formula is C18H23N3O4S2. The summed E-state index contributed by atoms with van der Waals surface area (Å²) in [5.41, 5.74) is 1.31. The number of rotatable bonds is 6. The molecule has 0 saturated carbocycles. The molecule has 1 amide bonds. The average molecular weight is 410 g/mol. The average Bonchev–Trinajstić information content (AvgIpc) is 3.15. The zero-order valence-electron chi connectivity index (χ0n) is 15.4. The Morgan fingerprint density at radius 1 is 1.22 bits per heavy atom. The normalized spacial score (nSPS) is 15.7. The van der Waals surface area contributed by atoms with Crippen molar-refractivity contribution in [3.05, 3.63) is 35.3 Å². The van der Waals surface area contributed by atoms with Crippen molar-refractivity contribution < 1.29 is 17.9 Å². The number of para-hydroxylation sites is 1. The third-order valence-corrected chi connectivity index (χ3v) is 6.30. The van der Waals surface area contributed by atoms with E-state index in [9.17, 15) is 13.2 Å². The molecule has 3 rings (SSSR count). The number of nitrogens with zero attached hydrogens (tertiary/aromatic N) is 3. The number of amides is 1. The Morgan fingerprint density at radius 3 is 2.59 bits per heavy atom. The van der Waals surface area contributed by atoms with Crippen LogP contribution in [-0.4, -0.2) is 81.0 Å². The summed E-state index contributed by atoms with van der Waals surface area (Å²) in [6.07, 6.45) is 1.24. The Balaban J connectivity index is 1.62. The predicted molar refractivity (Wildman–Crippen MR) is 106 cm³/mol. The van der Waals surface area contributed by atoms with E-state index in [1.807, 2.05) is 24.3 Å². The van der Waals surface area contributed by atoms with E-state index in [-0.39, 0.29) is 11.7 Å². The van der Waals surface area contributed by atoms with Crippen molar-refractivity contribution in [2.45, 2.75) is 0 Å². The molecule has 1 fully saturated rings. The molecule has 2 aromatic rings. The third kappa shape index (κ3) is 5.06. The van der Waals surface area contributed by atoms with Gasteiger partial charge in [0.05, 0.1) is 18.4 Å². The zero-order valence-corrected chi connectivity index (χ0v) is 17.1. The summed E-state index contributed by atoms with van der Waals surface area (Å²) in [5, 5.41) is 2.53. The molecule has 0 N–H and O–H groups in total. The molecule has 0 radical (unpaired) electrons.